The van der Waals surface area contributed by atoms with Gasteiger partial charge in [0.1, 0.15) is 11.6 Å². The van der Waals surface area contributed by atoms with E-state index in [4.69, 9.17) is 4.74 Å². The molecule has 3 rings (SSSR count). The number of ketones is 1. The molecule has 0 bridgehead atoms. The number of nitrogens with zero attached hydrogens (tertiary/aromatic N) is 2. The van der Waals surface area contributed by atoms with E-state index in [1.807, 2.05) is 0 Å². The van der Waals surface area contributed by atoms with Crippen LogP contribution in [0.2, 0.25) is 0 Å². The van der Waals surface area contributed by atoms with Gasteiger partial charge < -0.3 is 10.1 Å². The summed E-state index contributed by atoms with van der Waals surface area (Å²) in [5.74, 6) is 1.21. The van der Waals surface area contributed by atoms with Crippen molar-refractivity contribution in [3.8, 4) is 5.75 Å². The molecule has 114 valence electrons. The van der Waals surface area contributed by atoms with Crippen LogP contribution in [0.1, 0.15) is 23.1 Å². The zero-order valence-electron chi connectivity index (χ0n) is 12.0. The van der Waals surface area contributed by atoms with Crippen LogP contribution in [0.3, 0.4) is 0 Å². The molecule has 1 atom stereocenters. The van der Waals surface area contributed by atoms with Gasteiger partial charge in [-0.1, -0.05) is 11.8 Å². The van der Waals surface area contributed by atoms with E-state index in [2.05, 4.69) is 20.5 Å². The number of amides is 1. The second-order valence-corrected chi connectivity index (χ2v) is 5.82. The van der Waals surface area contributed by atoms with E-state index in [-0.39, 0.29) is 17.4 Å². The van der Waals surface area contributed by atoms with Gasteiger partial charge in [-0.25, -0.2) is 4.98 Å². The Hall–Kier alpha value is -2.35. The smallest absolute Gasteiger partial charge is 0.265 e. The minimum Gasteiger partial charge on any atom is -0.479 e. The number of hydrogen-bond acceptors (Lipinski definition) is 6. The van der Waals surface area contributed by atoms with E-state index in [0.29, 0.717) is 28.0 Å². The van der Waals surface area contributed by atoms with Gasteiger partial charge in [-0.2, -0.15) is 0 Å². The van der Waals surface area contributed by atoms with Gasteiger partial charge >= 0.3 is 0 Å². The Morgan fingerprint density at radius 3 is 3.00 bits per heavy atom. The van der Waals surface area contributed by atoms with Gasteiger partial charge in [0.15, 0.2) is 11.9 Å². The number of thioether (sulfide) groups is 1. The number of rotatable bonds is 4. The number of benzene rings is 1. The Bertz CT molecular complexity index is 743. The zero-order chi connectivity index (χ0) is 15.7. The summed E-state index contributed by atoms with van der Waals surface area (Å²) in [6.45, 7) is 3.47. The molecule has 0 saturated carbocycles. The summed E-state index contributed by atoms with van der Waals surface area (Å²) in [5.41, 5.74) is 1.03. The van der Waals surface area contributed by atoms with Crippen molar-refractivity contribution in [1.29, 1.82) is 0 Å². The van der Waals surface area contributed by atoms with Crippen LogP contribution in [-0.4, -0.2) is 38.7 Å². The summed E-state index contributed by atoms with van der Waals surface area (Å²) >= 11 is 1.26. The van der Waals surface area contributed by atoms with E-state index < -0.39 is 6.10 Å². The van der Waals surface area contributed by atoms with Crippen LogP contribution < -0.4 is 10.1 Å². The van der Waals surface area contributed by atoms with Gasteiger partial charge in [0, 0.05) is 5.56 Å². The van der Waals surface area contributed by atoms with E-state index >= 15 is 0 Å². The molecule has 7 nitrogen and oxygen atoms in total. The summed E-state index contributed by atoms with van der Waals surface area (Å²) < 4.78 is 5.46. The van der Waals surface area contributed by atoms with Crippen LogP contribution >= 0.6 is 11.8 Å². The van der Waals surface area contributed by atoms with Crippen molar-refractivity contribution >= 4 is 29.1 Å². The van der Waals surface area contributed by atoms with Gasteiger partial charge in [0.05, 0.1) is 11.4 Å². The Labute approximate surface area is 130 Å². The third-order valence-electron chi connectivity index (χ3n) is 3.14. The lowest BCUT2D eigenvalue weighted by molar-refractivity contribution is -0.122. The van der Waals surface area contributed by atoms with E-state index in [1.54, 1.807) is 32.0 Å². The largest absolute Gasteiger partial charge is 0.479 e. The lowest BCUT2D eigenvalue weighted by atomic mass is 10.1. The molecule has 1 unspecified atom stereocenters. The SMILES string of the molecule is Cc1nc(SCC(=O)c2ccc3c(c2)NC(=O)C(C)O3)n[nH]1. The van der Waals surface area contributed by atoms with Gasteiger partial charge in [0.25, 0.3) is 5.91 Å². The first-order chi connectivity index (χ1) is 10.5. The van der Waals surface area contributed by atoms with Crippen molar-refractivity contribution in [3.63, 3.8) is 0 Å². The maximum absolute atomic E-state index is 12.2. The fourth-order valence-electron chi connectivity index (χ4n) is 1.98. The summed E-state index contributed by atoms with van der Waals surface area (Å²) in [6, 6.07) is 5.01. The number of H-pyrrole nitrogens is 1. The number of aromatic nitrogens is 3. The Kier molecular flexibility index (Phi) is 3.84. The van der Waals surface area contributed by atoms with Gasteiger partial charge in [0.2, 0.25) is 5.16 Å². The molecule has 0 fully saturated rings. The van der Waals surface area contributed by atoms with E-state index in [9.17, 15) is 9.59 Å². The quantitative estimate of drug-likeness (QED) is 0.659. The second-order valence-electron chi connectivity index (χ2n) is 4.88. The van der Waals surface area contributed by atoms with Crippen molar-refractivity contribution in [1.82, 2.24) is 15.2 Å². The zero-order valence-corrected chi connectivity index (χ0v) is 12.9. The highest BCUT2D eigenvalue weighted by Gasteiger charge is 2.24. The molecule has 2 heterocycles. The minimum absolute atomic E-state index is 0.0666. The van der Waals surface area contributed by atoms with Crippen LogP contribution in [0.15, 0.2) is 23.4 Å². The number of aromatic amines is 1. The lowest BCUT2D eigenvalue weighted by Crippen LogP contribution is -2.34. The third kappa shape index (κ3) is 2.96. The number of hydrogen-bond donors (Lipinski definition) is 2. The number of fused-ring (bicyclic) bond motifs is 1. The van der Waals surface area contributed by atoms with Crippen LogP contribution in [0.25, 0.3) is 0 Å². The number of ether oxygens (including phenoxy) is 1. The molecule has 0 saturated heterocycles. The van der Waals surface area contributed by atoms with Crippen LogP contribution in [0, 0.1) is 6.92 Å². The monoisotopic (exact) mass is 318 g/mol. The summed E-state index contributed by atoms with van der Waals surface area (Å²) in [5, 5.41) is 9.96. The average Bonchev–Trinajstić information content (AvgIpc) is 2.91. The summed E-state index contributed by atoms with van der Waals surface area (Å²) in [7, 11) is 0. The fourth-order valence-corrected chi connectivity index (χ4v) is 2.72. The Morgan fingerprint density at radius 2 is 2.27 bits per heavy atom. The van der Waals surface area contributed by atoms with Gasteiger partial charge in [-0.05, 0) is 32.0 Å². The van der Waals surface area contributed by atoms with Crippen molar-refractivity contribution in [2.75, 3.05) is 11.1 Å². The number of carbonyl (C=O) groups excluding carboxylic acids is 2. The maximum Gasteiger partial charge on any atom is 0.265 e. The highest BCUT2D eigenvalue weighted by molar-refractivity contribution is 7.99. The third-order valence-corrected chi connectivity index (χ3v) is 3.99. The number of aryl methyl sites for hydroxylation is 1. The van der Waals surface area contributed by atoms with Crippen molar-refractivity contribution < 1.29 is 14.3 Å². The molecule has 1 amide bonds. The number of carbonyl (C=O) groups is 2. The Morgan fingerprint density at radius 1 is 1.45 bits per heavy atom. The molecule has 0 spiro atoms. The Balaban J connectivity index is 1.71. The topological polar surface area (TPSA) is 97.0 Å². The second kappa shape index (κ2) is 5.80. The highest BCUT2D eigenvalue weighted by atomic mass is 32.2. The van der Waals surface area contributed by atoms with E-state index in [0.717, 1.165) is 0 Å². The molecular formula is C14H14N4O3S. The molecule has 2 aromatic rings. The molecule has 0 radical (unpaired) electrons. The number of Topliss-reactive ketones (excluding diaryl/α,β-unsaturated/α-hetero) is 1. The fraction of sp³-hybridized carbons (Fsp3) is 0.286. The molecule has 1 aromatic heterocycles. The van der Waals surface area contributed by atoms with Crippen molar-refractivity contribution in [3.05, 3.63) is 29.6 Å². The highest BCUT2D eigenvalue weighted by Crippen LogP contribution is 2.31. The lowest BCUT2D eigenvalue weighted by Gasteiger charge is -2.23. The predicted molar refractivity (Wildman–Crippen MR) is 81.3 cm³/mol. The number of anilines is 1. The van der Waals surface area contributed by atoms with Crippen molar-refractivity contribution in [2.24, 2.45) is 0 Å². The summed E-state index contributed by atoms with van der Waals surface area (Å²) in [4.78, 5) is 28.0. The number of nitrogens with one attached hydrogen (secondary N) is 2. The average molecular weight is 318 g/mol. The summed E-state index contributed by atoms with van der Waals surface area (Å²) in [6.07, 6.45) is -0.529. The van der Waals surface area contributed by atoms with Crippen LogP contribution in [0.4, 0.5) is 5.69 Å². The first-order valence-corrected chi connectivity index (χ1v) is 7.68. The molecule has 1 aromatic carbocycles. The molecular weight excluding hydrogens is 304 g/mol. The molecule has 2 N–H and O–H groups in total. The van der Waals surface area contributed by atoms with Crippen molar-refractivity contribution in [2.45, 2.75) is 25.1 Å². The van der Waals surface area contributed by atoms with E-state index in [1.165, 1.54) is 11.8 Å². The molecule has 22 heavy (non-hydrogen) atoms. The van der Waals surface area contributed by atoms with Gasteiger partial charge in [-0.15, -0.1) is 5.10 Å². The first kappa shape index (κ1) is 14.6. The minimum atomic E-state index is -0.529. The normalized spacial score (nSPS) is 16.6. The predicted octanol–water partition coefficient (Wildman–Crippen LogP) is 1.81. The molecule has 0 aliphatic carbocycles. The molecule has 8 heteroatoms. The van der Waals surface area contributed by atoms with Gasteiger partial charge in [-0.3, -0.25) is 14.7 Å². The maximum atomic E-state index is 12.2. The molecule has 1 aliphatic rings. The molecule has 1 aliphatic heterocycles. The standard InChI is InChI=1S/C14H14N4O3S/c1-7-13(20)16-10-5-9(3-4-12(10)21-7)11(19)6-22-14-15-8(2)17-18-14/h3-5,7H,6H2,1-2H3,(H,16,20)(H,15,17,18). The van der Waals surface area contributed by atoms with Crippen LogP contribution in [0.5, 0.6) is 5.75 Å². The first-order valence-electron chi connectivity index (χ1n) is 6.69. The van der Waals surface area contributed by atoms with Crippen LogP contribution in [-0.2, 0) is 4.79 Å².